The third-order valence-corrected chi connectivity index (χ3v) is 4.76. The van der Waals surface area contributed by atoms with Crippen molar-refractivity contribution in [2.45, 2.75) is 24.3 Å². The van der Waals surface area contributed by atoms with E-state index in [9.17, 15) is 18.0 Å². The van der Waals surface area contributed by atoms with Crippen molar-refractivity contribution in [2.24, 2.45) is 0 Å². The van der Waals surface area contributed by atoms with Gasteiger partial charge in [-0.2, -0.15) is 11.8 Å². The molecule has 0 aliphatic heterocycles. The number of benzene rings is 1. The van der Waals surface area contributed by atoms with Crippen LogP contribution in [0.15, 0.2) is 29.2 Å². The number of carboxylic acids is 1. The minimum Gasteiger partial charge on any atom is -0.480 e. The molecular formula is C13H18N2O5S2. The van der Waals surface area contributed by atoms with Crippen LogP contribution in [-0.2, 0) is 14.8 Å². The van der Waals surface area contributed by atoms with Gasteiger partial charge in [0.1, 0.15) is 6.04 Å². The second kappa shape index (κ2) is 8.04. The summed E-state index contributed by atoms with van der Waals surface area (Å²) in [7, 11) is -4.03. The van der Waals surface area contributed by atoms with E-state index in [1.165, 1.54) is 23.9 Å². The second-order valence-corrected chi connectivity index (χ2v) is 7.23. The van der Waals surface area contributed by atoms with Crippen LogP contribution >= 0.6 is 11.8 Å². The van der Waals surface area contributed by atoms with Gasteiger partial charge in [0.25, 0.3) is 10.0 Å². The van der Waals surface area contributed by atoms with Gasteiger partial charge in [0.15, 0.2) is 0 Å². The van der Waals surface area contributed by atoms with Gasteiger partial charge in [-0.25, -0.2) is 22.7 Å². The predicted octanol–water partition coefficient (Wildman–Crippen LogP) is 1.19. The highest BCUT2D eigenvalue weighted by atomic mass is 32.2. The SMILES string of the molecule is CSCC[C@@H](NC(=O)NS(=O)(=O)c1ccc(C)cc1)C(=O)O. The number of nitrogens with one attached hydrogen (secondary N) is 2. The van der Waals surface area contributed by atoms with Crippen molar-refractivity contribution in [1.29, 1.82) is 0 Å². The molecule has 0 aromatic heterocycles. The molecule has 1 rings (SSSR count). The lowest BCUT2D eigenvalue weighted by Crippen LogP contribution is -2.47. The largest absolute Gasteiger partial charge is 0.480 e. The molecule has 0 heterocycles. The summed E-state index contributed by atoms with van der Waals surface area (Å²) >= 11 is 1.43. The van der Waals surface area contributed by atoms with Gasteiger partial charge < -0.3 is 10.4 Å². The third kappa shape index (κ3) is 5.57. The van der Waals surface area contributed by atoms with Crippen molar-refractivity contribution in [3.05, 3.63) is 29.8 Å². The zero-order valence-electron chi connectivity index (χ0n) is 12.2. The highest BCUT2D eigenvalue weighted by molar-refractivity contribution is 7.98. The van der Waals surface area contributed by atoms with Crippen LogP contribution in [0.2, 0.25) is 0 Å². The van der Waals surface area contributed by atoms with Gasteiger partial charge in [-0.3, -0.25) is 0 Å². The molecular weight excluding hydrogens is 328 g/mol. The van der Waals surface area contributed by atoms with E-state index in [2.05, 4.69) is 5.32 Å². The number of hydrogen-bond donors (Lipinski definition) is 3. The Morgan fingerprint density at radius 3 is 2.36 bits per heavy atom. The van der Waals surface area contributed by atoms with E-state index in [0.717, 1.165) is 5.56 Å². The fourth-order valence-corrected chi connectivity index (χ4v) is 2.97. The maximum absolute atomic E-state index is 12.0. The second-order valence-electron chi connectivity index (χ2n) is 4.56. The Hall–Kier alpha value is -1.74. The molecule has 0 fully saturated rings. The van der Waals surface area contributed by atoms with Crippen LogP contribution in [0.4, 0.5) is 4.79 Å². The first-order valence-corrected chi connectivity index (χ1v) is 9.25. The highest BCUT2D eigenvalue weighted by Gasteiger charge is 2.23. The monoisotopic (exact) mass is 346 g/mol. The first kappa shape index (κ1) is 18.3. The molecule has 1 aromatic carbocycles. The molecule has 3 N–H and O–H groups in total. The van der Waals surface area contributed by atoms with E-state index in [1.807, 2.05) is 0 Å². The van der Waals surface area contributed by atoms with Crippen molar-refractivity contribution >= 4 is 33.8 Å². The Morgan fingerprint density at radius 1 is 1.27 bits per heavy atom. The van der Waals surface area contributed by atoms with Gasteiger partial charge in [-0.1, -0.05) is 17.7 Å². The number of amides is 2. The van der Waals surface area contributed by atoms with E-state index < -0.39 is 28.1 Å². The number of aliphatic carboxylic acids is 1. The lowest BCUT2D eigenvalue weighted by molar-refractivity contribution is -0.139. The Kier molecular flexibility index (Phi) is 6.69. The summed E-state index contributed by atoms with van der Waals surface area (Å²) in [6.07, 6.45) is 2.01. The van der Waals surface area contributed by atoms with Crippen molar-refractivity contribution in [3.63, 3.8) is 0 Å². The molecule has 22 heavy (non-hydrogen) atoms. The molecule has 0 saturated heterocycles. The maximum Gasteiger partial charge on any atom is 0.329 e. The quantitative estimate of drug-likeness (QED) is 0.683. The molecule has 1 aromatic rings. The van der Waals surface area contributed by atoms with Crippen LogP contribution in [0.5, 0.6) is 0 Å². The van der Waals surface area contributed by atoms with Crippen molar-refractivity contribution in [1.82, 2.24) is 10.0 Å². The summed E-state index contributed by atoms with van der Waals surface area (Å²) in [5.41, 5.74) is 0.881. The number of hydrogen-bond acceptors (Lipinski definition) is 5. The van der Waals surface area contributed by atoms with E-state index in [4.69, 9.17) is 5.11 Å². The number of carboxylic acid groups (broad SMARTS) is 1. The van der Waals surface area contributed by atoms with Gasteiger partial charge in [0.2, 0.25) is 0 Å². The number of rotatable bonds is 7. The smallest absolute Gasteiger partial charge is 0.329 e. The summed E-state index contributed by atoms with van der Waals surface area (Å²) in [6, 6.07) is 3.74. The molecule has 122 valence electrons. The number of sulfonamides is 1. The molecule has 0 saturated carbocycles. The molecule has 7 nitrogen and oxygen atoms in total. The Balaban J connectivity index is 2.73. The lowest BCUT2D eigenvalue weighted by atomic mass is 10.2. The molecule has 0 bridgehead atoms. The molecule has 0 aliphatic carbocycles. The third-order valence-electron chi connectivity index (χ3n) is 2.77. The fraction of sp³-hybridized carbons (Fsp3) is 0.385. The maximum atomic E-state index is 12.0. The zero-order valence-corrected chi connectivity index (χ0v) is 13.8. The Morgan fingerprint density at radius 2 is 1.86 bits per heavy atom. The van der Waals surface area contributed by atoms with E-state index in [1.54, 1.807) is 30.0 Å². The van der Waals surface area contributed by atoms with Crippen LogP contribution in [-0.4, -0.2) is 43.6 Å². The average molecular weight is 346 g/mol. The first-order valence-electron chi connectivity index (χ1n) is 6.38. The molecule has 0 radical (unpaired) electrons. The van der Waals surface area contributed by atoms with E-state index in [0.29, 0.717) is 5.75 Å². The number of carbonyl (C=O) groups is 2. The summed E-state index contributed by atoms with van der Waals surface area (Å²) in [6.45, 7) is 1.81. The number of aryl methyl sites for hydroxylation is 1. The van der Waals surface area contributed by atoms with Crippen LogP contribution < -0.4 is 10.0 Å². The normalized spacial score (nSPS) is 12.5. The zero-order chi connectivity index (χ0) is 16.8. The number of carbonyl (C=O) groups excluding carboxylic acids is 1. The van der Waals surface area contributed by atoms with Crippen LogP contribution in [0.1, 0.15) is 12.0 Å². The lowest BCUT2D eigenvalue weighted by Gasteiger charge is -2.14. The van der Waals surface area contributed by atoms with Gasteiger partial charge in [0, 0.05) is 0 Å². The van der Waals surface area contributed by atoms with Gasteiger partial charge in [0.05, 0.1) is 4.90 Å². The van der Waals surface area contributed by atoms with Gasteiger partial charge in [-0.05, 0) is 37.5 Å². The topological polar surface area (TPSA) is 113 Å². The summed E-state index contributed by atoms with van der Waals surface area (Å²) < 4.78 is 25.8. The highest BCUT2D eigenvalue weighted by Crippen LogP contribution is 2.09. The van der Waals surface area contributed by atoms with Crippen LogP contribution in [0.25, 0.3) is 0 Å². The fourth-order valence-electron chi connectivity index (χ4n) is 1.58. The van der Waals surface area contributed by atoms with Gasteiger partial charge >= 0.3 is 12.0 Å². The molecule has 2 amide bonds. The summed E-state index contributed by atoms with van der Waals surface area (Å²) in [4.78, 5) is 22.7. The van der Waals surface area contributed by atoms with Crippen LogP contribution in [0.3, 0.4) is 0 Å². The molecule has 0 aliphatic rings. The molecule has 0 unspecified atom stereocenters. The Bertz CT molecular complexity index is 628. The summed E-state index contributed by atoms with van der Waals surface area (Å²) in [5.74, 6) is -0.681. The van der Waals surface area contributed by atoms with E-state index in [-0.39, 0.29) is 11.3 Å². The Labute approximate surface area is 133 Å². The van der Waals surface area contributed by atoms with Crippen LogP contribution in [0, 0.1) is 6.92 Å². The number of thioether (sulfide) groups is 1. The molecule has 0 spiro atoms. The minimum atomic E-state index is -4.03. The van der Waals surface area contributed by atoms with Gasteiger partial charge in [-0.15, -0.1) is 0 Å². The molecule has 1 atom stereocenters. The predicted molar refractivity (Wildman–Crippen MR) is 84.5 cm³/mol. The van der Waals surface area contributed by atoms with E-state index >= 15 is 0 Å². The minimum absolute atomic E-state index is 0.0655. The average Bonchev–Trinajstić information content (AvgIpc) is 2.43. The standard InChI is InChI=1S/C13H18N2O5S2/c1-9-3-5-10(6-4-9)22(19,20)15-13(18)14-11(12(16)17)7-8-21-2/h3-6,11H,7-8H2,1-2H3,(H,16,17)(H2,14,15,18)/t11-/m1/s1. The van der Waals surface area contributed by atoms with Crippen molar-refractivity contribution in [3.8, 4) is 0 Å². The van der Waals surface area contributed by atoms with Crippen molar-refractivity contribution < 1.29 is 23.1 Å². The van der Waals surface area contributed by atoms with Crippen molar-refractivity contribution in [2.75, 3.05) is 12.0 Å². The number of urea groups is 1. The molecule has 9 heteroatoms. The summed E-state index contributed by atoms with van der Waals surface area (Å²) in [5, 5.41) is 11.1. The first-order chi connectivity index (χ1) is 10.3.